The van der Waals surface area contributed by atoms with Crippen LogP contribution < -0.4 is 10.1 Å². The van der Waals surface area contributed by atoms with Gasteiger partial charge in [-0.1, -0.05) is 12.1 Å². The zero-order chi connectivity index (χ0) is 18.7. The fourth-order valence-corrected chi connectivity index (χ4v) is 2.43. The number of thioether (sulfide) groups is 1. The lowest BCUT2D eigenvalue weighted by atomic mass is 10.1. The quantitative estimate of drug-likeness (QED) is 0.339. The molecule has 9 nitrogen and oxygen atoms in total. The van der Waals surface area contributed by atoms with E-state index < -0.39 is 18.1 Å². The first-order valence-electron chi connectivity index (χ1n) is 7.52. The molecule has 0 spiro atoms. The second-order valence-electron chi connectivity index (χ2n) is 5.04. The summed E-state index contributed by atoms with van der Waals surface area (Å²) in [5, 5.41) is 27.9. The second-order valence-corrected chi connectivity index (χ2v) is 6.03. The highest BCUT2D eigenvalue weighted by molar-refractivity contribution is 7.98. The van der Waals surface area contributed by atoms with E-state index in [0.717, 1.165) is 5.56 Å². The summed E-state index contributed by atoms with van der Waals surface area (Å²) in [6.45, 7) is 0.105. The third-order valence-corrected chi connectivity index (χ3v) is 3.77. The van der Waals surface area contributed by atoms with Crippen LogP contribution in [-0.4, -0.2) is 57.6 Å². The fraction of sp³-hybridized carbons (Fsp3) is 0.467. The minimum absolute atomic E-state index is 0.105. The Morgan fingerprint density at radius 3 is 2.76 bits per heavy atom. The lowest BCUT2D eigenvalue weighted by Crippen LogP contribution is -2.42. The highest BCUT2D eigenvalue weighted by atomic mass is 32.2. The summed E-state index contributed by atoms with van der Waals surface area (Å²) in [4.78, 5) is 27.4. The number of ether oxygens (including phenoxy) is 1. The van der Waals surface area contributed by atoms with E-state index in [1.165, 1.54) is 11.8 Å². The van der Waals surface area contributed by atoms with Crippen molar-refractivity contribution in [1.29, 1.82) is 0 Å². The van der Waals surface area contributed by atoms with Gasteiger partial charge in [-0.05, 0) is 49.0 Å². The van der Waals surface area contributed by atoms with Crippen LogP contribution in [0.3, 0.4) is 0 Å². The van der Waals surface area contributed by atoms with Crippen LogP contribution in [0.5, 0.6) is 5.75 Å². The zero-order valence-electron chi connectivity index (χ0n) is 13.8. The minimum atomic E-state index is -1.11. The molecule has 1 aromatic rings. The Balaban J connectivity index is 2.50. The lowest BCUT2D eigenvalue weighted by Gasteiger charge is -2.14. The Morgan fingerprint density at radius 1 is 1.36 bits per heavy atom. The number of amides is 1. The predicted octanol–water partition coefficient (Wildman–Crippen LogP) is 1.93. The first kappa shape index (κ1) is 21.2. The van der Waals surface area contributed by atoms with Crippen molar-refractivity contribution in [2.24, 2.45) is 0 Å². The SMILES string of the molecule is CSCCC(NC(=O)Oc1cccc(CCCON(O)O)c1)C(=O)O. The first-order valence-corrected chi connectivity index (χ1v) is 8.91. The van der Waals surface area contributed by atoms with Crippen LogP contribution in [0.25, 0.3) is 0 Å². The number of aliphatic carboxylic acids is 1. The summed E-state index contributed by atoms with van der Waals surface area (Å²) in [6, 6.07) is 5.75. The molecule has 0 aliphatic heterocycles. The van der Waals surface area contributed by atoms with Crippen molar-refractivity contribution in [3.8, 4) is 5.75 Å². The smallest absolute Gasteiger partial charge is 0.413 e. The Kier molecular flexibility index (Phi) is 9.88. The minimum Gasteiger partial charge on any atom is -0.480 e. The summed E-state index contributed by atoms with van der Waals surface area (Å²) >= 11 is 1.49. The van der Waals surface area contributed by atoms with Gasteiger partial charge in [0, 0.05) is 0 Å². The van der Waals surface area contributed by atoms with Crippen molar-refractivity contribution in [1.82, 2.24) is 10.7 Å². The van der Waals surface area contributed by atoms with Crippen LogP contribution in [0, 0.1) is 0 Å². The maximum absolute atomic E-state index is 11.9. The van der Waals surface area contributed by atoms with E-state index in [1.54, 1.807) is 18.2 Å². The summed E-state index contributed by atoms with van der Waals surface area (Å²) in [5.74, 6) is -0.217. The molecule has 0 aromatic heterocycles. The molecule has 1 unspecified atom stereocenters. The van der Waals surface area contributed by atoms with E-state index in [0.29, 0.717) is 25.0 Å². The standard InChI is InChI=1S/C15H22N2O7S/c1-25-9-7-13(14(18)19)16-15(20)24-12-6-2-4-11(10-12)5-3-8-23-17(21)22/h2,4,6,10,13,21-22H,3,5,7-9H2,1H3,(H,16,20)(H,18,19). The third-order valence-electron chi connectivity index (χ3n) is 3.13. The first-order chi connectivity index (χ1) is 11.9. The van der Waals surface area contributed by atoms with Crippen molar-refractivity contribution >= 4 is 23.8 Å². The number of carbonyl (C=O) groups excluding carboxylic acids is 1. The van der Waals surface area contributed by atoms with Gasteiger partial charge in [0.05, 0.1) is 12.0 Å². The average molecular weight is 374 g/mol. The molecule has 1 atom stereocenters. The summed E-state index contributed by atoms with van der Waals surface area (Å²) in [5.41, 5.74) is 0.855. The van der Waals surface area contributed by atoms with Gasteiger partial charge in [0.15, 0.2) is 0 Å². The van der Waals surface area contributed by atoms with Crippen LogP contribution in [-0.2, 0) is 16.1 Å². The number of nitrogens with zero attached hydrogens (tertiary/aromatic N) is 1. The molecule has 140 valence electrons. The molecule has 1 aromatic carbocycles. The molecular weight excluding hydrogens is 352 g/mol. The molecule has 0 heterocycles. The maximum Gasteiger partial charge on any atom is 0.413 e. The van der Waals surface area contributed by atoms with Gasteiger partial charge < -0.3 is 15.2 Å². The molecule has 0 aliphatic rings. The van der Waals surface area contributed by atoms with E-state index in [2.05, 4.69) is 10.2 Å². The fourth-order valence-electron chi connectivity index (χ4n) is 1.96. The van der Waals surface area contributed by atoms with E-state index in [9.17, 15) is 9.59 Å². The molecule has 0 saturated heterocycles. The number of hydrogen-bond donors (Lipinski definition) is 4. The number of carboxylic acids is 1. The molecule has 1 rings (SSSR count). The van der Waals surface area contributed by atoms with Gasteiger partial charge >= 0.3 is 12.1 Å². The Morgan fingerprint density at radius 2 is 2.12 bits per heavy atom. The molecule has 0 fully saturated rings. The lowest BCUT2D eigenvalue weighted by molar-refractivity contribution is -0.492. The number of carboxylic acid groups (broad SMARTS) is 1. The number of benzene rings is 1. The van der Waals surface area contributed by atoms with Gasteiger partial charge in [-0.15, -0.1) is 0 Å². The van der Waals surface area contributed by atoms with E-state index in [4.69, 9.17) is 20.3 Å². The molecule has 1 amide bonds. The van der Waals surface area contributed by atoms with Crippen LogP contribution in [0.15, 0.2) is 24.3 Å². The largest absolute Gasteiger partial charge is 0.480 e. The Bertz CT molecular complexity index is 556. The van der Waals surface area contributed by atoms with E-state index >= 15 is 0 Å². The van der Waals surface area contributed by atoms with E-state index in [-0.39, 0.29) is 17.7 Å². The molecular formula is C15H22N2O7S. The zero-order valence-corrected chi connectivity index (χ0v) is 14.6. The van der Waals surface area contributed by atoms with Crippen molar-refractivity contribution in [2.75, 3.05) is 18.6 Å². The van der Waals surface area contributed by atoms with Gasteiger partial charge in [-0.25, -0.2) is 9.59 Å². The van der Waals surface area contributed by atoms with Gasteiger partial charge in [0.1, 0.15) is 11.8 Å². The third kappa shape index (κ3) is 9.27. The number of nitrogens with one attached hydrogen (secondary N) is 1. The van der Waals surface area contributed by atoms with E-state index in [1.807, 2.05) is 12.3 Å². The molecule has 0 saturated carbocycles. The highest BCUT2D eigenvalue weighted by Crippen LogP contribution is 2.15. The molecule has 0 bridgehead atoms. The Labute approximate surface area is 149 Å². The topological polar surface area (TPSA) is 129 Å². The normalized spacial score (nSPS) is 12.0. The summed E-state index contributed by atoms with van der Waals surface area (Å²) in [7, 11) is 0. The van der Waals surface area contributed by atoms with Crippen LogP contribution in [0.4, 0.5) is 4.79 Å². The van der Waals surface area contributed by atoms with Crippen LogP contribution in [0.2, 0.25) is 0 Å². The number of carbonyl (C=O) groups is 2. The monoisotopic (exact) mass is 374 g/mol. The molecule has 0 radical (unpaired) electrons. The highest BCUT2D eigenvalue weighted by Gasteiger charge is 2.20. The van der Waals surface area contributed by atoms with Gasteiger partial charge in [0.25, 0.3) is 0 Å². The van der Waals surface area contributed by atoms with Crippen LogP contribution >= 0.6 is 11.8 Å². The summed E-state index contributed by atoms with van der Waals surface area (Å²) in [6.07, 6.45) is 2.41. The second kappa shape index (κ2) is 11.7. The summed E-state index contributed by atoms with van der Waals surface area (Å²) < 4.78 is 5.12. The molecule has 4 N–H and O–H groups in total. The van der Waals surface area contributed by atoms with Crippen molar-refractivity contribution in [3.63, 3.8) is 0 Å². The molecule has 10 heteroatoms. The number of rotatable bonds is 11. The van der Waals surface area contributed by atoms with Crippen LogP contribution in [0.1, 0.15) is 18.4 Å². The van der Waals surface area contributed by atoms with Gasteiger partial charge in [-0.2, -0.15) is 11.8 Å². The maximum atomic E-state index is 11.9. The molecule has 25 heavy (non-hydrogen) atoms. The number of hydrogen-bond acceptors (Lipinski definition) is 8. The van der Waals surface area contributed by atoms with Crippen molar-refractivity contribution < 1.29 is 34.7 Å². The van der Waals surface area contributed by atoms with Gasteiger partial charge in [-0.3, -0.25) is 15.3 Å². The van der Waals surface area contributed by atoms with Crippen molar-refractivity contribution in [3.05, 3.63) is 29.8 Å². The average Bonchev–Trinajstić information content (AvgIpc) is 2.55. The number of aryl methyl sites for hydroxylation is 1. The predicted molar refractivity (Wildman–Crippen MR) is 89.7 cm³/mol. The Hall–Kier alpha value is -1.85. The van der Waals surface area contributed by atoms with Gasteiger partial charge in [0.2, 0.25) is 0 Å². The molecule has 0 aliphatic carbocycles. The van der Waals surface area contributed by atoms with Crippen molar-refractivity contribution in [2.45, 2.75) is 25.3 Å².